The van der Waals surface area contributed by atoms with Crippen LogP contribution in [0.1, 0.15) is 19.8 Å². The fourth-order valence-electron chi connectivity index (χ4n) is 1.27. The van der Waals surface area contributed by atoms with Crippen molar-refractivity contribution in [3.8, 4) is 0 Å². The molecule has 0 saturated heterocycles. The van der Waals surface area contributed by atoms with Crippen molar-refractivity contribution in [3.05, 3.63) is 0 Å². The van der Waals surface area contributed by atoms with Crippen molar-refractivity contribution in [1.29, 1.82) is 0 Å². The van der Waals surface area contributed by atoms with Gasteiger partial charge in [-0.1, -0.05) is 0 Å². The molecule has 1 saturated carbocycles. The lowest BCUT2D eigenvalue weighted by atomic mass is 10.2. The molecule has 66 valence electrons. The first-order chi connectivity index (χ1) is 5.27. The highest BCUT2D eigenvalue weighted by atomic mass is 16.3. The second-order valence-electron chi connectivity index (χ2n) is 3.35. The third kappa shape index (κ3) is 2.77. The highest BCUT2D eigenvalue weighted by Gasteiger charge is 2.28. The van der Waals surface area contributed by atoms with Gasteiger partial charge in [0.15, 0.2) is 0 Å². The molecule has 1 aliphatic rings. The molecule has 1 aliphatic carbocycles. The van der Waals surface area contributed by atoms with E-state index in [2.05, 4.69) is 12.2 Å². The van der Waals surface area contributed by atoms with Gasteiger partial charge in [-0.3, -0.25) is 0 Å². The van der Waals surface area contributed by atoms with E-state index in [1.54, 1.807) is 0 Å². The van der Waals surface area contributed by atoms with Crippen molar-refractivity contribution in [3.63, 3.8) is 0 Å². The van der Waals surface area contributed by atoms with Crippen LogP contribution in [0.15, 0.2) is 0 Å². The molecule has 0 spiro atoms. The van der Waals surface area contributed by atoms with Gasteiger partial charge in [0.05, 0.1) is 19.3 Å². The third-order valence-corrected chi connectivity index (χ3v) is 2.27. The molecule has 3 N–H and O–H groups in total. The van der Waals surface area contributed by atoms with Gasteiger partial charge in [0.2, 0.25) is 0 Å². The minimum absolute atomic E-state index is 0.0214. The topological polar surface area (TPSA) is 52.5 Å². The maximum Gasteiger partial charge on any atom is 0.0607 e. The van der Waals surface area contributed by atoms with Crippen LogP contribution in [0.3, 0.4) is 0 Å². The largest absolute Gasteiger partial charge is 0.395 e. The zero-order chi connectivity index (χ0) is 8.27. The molecule has 3 heteroatoms. The van der Waals surface area contributed by atoms with E-state index in [0.29, 0.717) is 6.04 Å². The van der Waals surface area contributed by atoms with Crippen LogP contribution in [0.25, 0.3) is 0 Å². The van der Waals surface area contributed by atoms with E-state index in [9.17, 15) is 0 Å². The Bertz CT molecular complexity index is 111. The molecule has 0 unspecified atom stereocenters. The van der Waals surface area contributed by atoms with E-state index in [1.165, 1.54) is 12.8 Å². The van der Waals surface area contributed by atoms with Crippen LogP contribution < -0.4 is 5.32 Å². The van der Waals surface area contributed by atoms with E-state index in [-0.39, 0.29) is 19.3 Å². The molecule has 11 heavy (non-hydrogen) atoms. The molecule has 0 bridgehead atoms. The van der Waals surface area contributed by atoms with Gasteiger partial charge < -0.3 is 15.5 Å². The van der Waals surface area contributed by atoms with Gasteiger partial charge in [-0.2, -0.15) is 0 Å². The van der Waals surface area contributed by atoms with Gasteiger partial charge in [0.25, 0.3) is 0 Å². The third-order valence-electron chi connectivity index (χ3n) is 2.27. The lowest BCUT2D eigenvalue weighted by Gasteiger charge is -2.19. The van der Waals surface area contributed by atoms with E-state index in [1.807, 2.05) is 0 Å². The number of hydrogen-bond acceptors (Lipinski definition) is 3. The van der Waals surface area contributed by atoms with Crippen LogP contribution in [-0.2, 0) is 0 Å². The maximum absolute atomic E-state index is 8.75. The number of aliphatic hydroxyl groups is 2. The second-order valence-corrected chi connectivity index (χ2v) is 3.35. The summed E-state index contributed by atoms with van der Waals surface area (Å²) in [6, 6.07) is 0.310. The lowest BCUT2D eigenvalue weighted by Crippen LogP contribution is -2.42. The average molecular weight is 159 g/mol. The lowest BCUT2D eigenvalue weighted by molar-refractivity contribution is 0.161. The fourth-order valence-corrected chi connectivity index (χ4v) is 1.27. The van der Waals surface area contributed by atoms with Gasteiger partial charge >= 0.3 is 0 Å². The fraction of sp³-hybridized carbons (Fsp3) is 1.00. The monoisotopic (exact) mass is 159 g/mol. The summed E-state index contributed by atoms with van der Waals surface area (Å²) < 4.78 is 0. The zero-order valence-electron chi connectivity index (χ0n) is 6.95. The highest BCUT2D eigenvalue weighted by molar-refractivity contribution is 4.85. The number of aliphatic hydroxyl groups excluding tert-OH is 2. The molecule has 0 aromatic carbocycles. The summed E-state index contributed by atoms with van der Waals surface area (Å²) in [6.07, 6.45) is 2.58. The van der Waals surface area contributed by atoms with Crippen LogP contribution in [0.2, 0.25) is 0 Å². The Morgan fingerprint density at radius 1 is 1.36 bits per heavy atom. The Hall–Kier alpha value is -0.120. The van der Waals surface area contributed by atoms with Gasteiger partial charge in [0.1, 0.15) is 0 Å². The molecule has 0 radical (unpaired) electrons. The van der Waals surface area contributed by atoms with Crippen LogP contribution >= 0.6 is 0 Å². The van der Waals surface area contributed by atoms with Crippen molar-refractivity contribution in [2.75, 3.05) is 13.2 Å². The quantitative estimate of drug-likeness (QED) is 0.517. The Labute approximate surface area is 67.4 Å². The molecule has 3 nitrogen and oxygen atoms in total. The van der Waals surface area contributed by atoms with Crippen molar-refractivity contribution in [1.82, 2.24) is 5.32 Å². The molecular weight excluding hydrogens is 142 g/mol. The van der Waals surface area contributed by atoms with Crippen molar-refractivity contribution in [2.45, 2.75) is 31.8 Å². The first kappa shape index (κ1) is 8.97. The minimum Gasteiger partial charge on any atom is -0.395 e. The molecule has 0 heterocycles. The summed E-state index contributed by atoms with van der Waals surface area (Å²) in [6.45, 7) is 2.15. The normalized spacial score (nSPS) is 20.7. The maximum atomic E-state index is 8.75. The van der Waals surface area contributed by atoms with E-state index >= 15 is 0 Å². The van der Waals surface area contributed by atoms with Crippen molar-refractivity contribution in [2.24, 2.45) is 5.92 Å². The molecular formula is C8H17NO2. The predicted molar refractivity (Wildman–Crippen MR) is 43.3 cm³/mol. The summed E-state index contributed by atoms with van der Waals surface area (Å²) in [5.41, 5.74) is 0. The van der Waals surface area contributed by atoms with Gasteiger partial charge in [-0.05, 0) is 25.7 Å². The zero-order valence-corrected chi connectivity index (χ0v) is 6.95. The SMILES string of the molecule is C[C@@H](NC(CO)CO)C1CC1. The summed E-state index contributed by atoms with van der Waals surface area (Å²) in [7, 11) is 0. The predicted octanol–water partition coefficient (Wildman–Crippen LogP) is -0.272. The summed E-state index contributed by atoms with van der Waals surface area (Å²) in [5, 5.41) is 20.7. The van der Waals surface area contributed by atoms with Crippen LogP contribution in [0.4, 0.5) is 0 Å². The Morgan fingerprint density at radius 3 is 2.27 bits per heavy atom. The smallest absolute Gasteiger partial charge is 0.0607 e. The standard InChI is InChI=1S/C8H17NO2/c1-6(7-2-3-7)9-8(4-10)5-11/h6-11H,2-5H2,1H3/t6-/m1/s1. The molecule has 0 amide bonds. The summed E-state index contributed by atoms with van der Waals surface area (Å²) >= 11 is 0. The molecule has 0 aromatic rings. The van der Waals surface area contributed by atoms with E-state index in [0.717, 1.165) is 5.92 Å². The first-order valence-electron chi connectivity index (χ1n) is 4.25. The highest BCUT2D eigenvalue weighted by Crippen LogP contribution is 2.32. The van der Waals surface area contributed by atoms with Crippen molar-refractivity contribution < 1.29 is 10.2 Å². The van der Waals surface area contributed by atoms with Crippen LogP contribution in [0, 0.1) is 5.92 Å². The Kier molecular flexibility index (Phi) is 3.30. The van der Waals surface area contributed by atoms with Crippen molar-refractivity contribution >= 4 is 0 Å². The molecule has 1 rings (SSSR count). The van der Waals surface area contributed by atoms with E-state index in [4.69, 9.17) is 10.2 Å². The molecule has 1 fully saturated rings. The Balaban J connectivity index is 2.15. The molecule has 1 atom stereocenters. The summed E-state index contributed by atoms with van der Waals surface area (Å²) in [5.74, 6) is 0.774. The number of hydrogen-bond donors (Lipinski definition) is 3. The summed E-state index contributed by atoms with van der Waals surface area (Å²) in [4.78, 5) is 0. The van der Waals surface area contributed by atoms with Gasteiger partial charge in [-0.15, -0.1) is 0 Å². The molecule has 0 aromatic heterocycles. The minimum atomic E-state index is -0.134. The van der Waals surface area contributed by atoms with E-state index < -0.39 is 0 Å². The van der Waals surface area contributed by atoms with Crippen LogP contribution in [-0.4, -0.2) is 35.5 Å². The van der Waals surface area contributed by atoms with Crippen LogP contribution in [0.5, 0.6) is 0 Å². The average Bonchev–Trinajstić information content (AvgIpc) is 2.81. The molecule has 0 aliphatic heterocycles. The second kappa shape index (κ2) is 4.04. The first-order valence-corrected chi connectivity index (χ1v) is 4.25. The van der Waals surface area contributed by atoms with Gasteiger partial charge in [0, 0.05) is 6.04 Å². The van der Waals surface area contributed by atoms with Gasteiger partial charge in [-0.25, -0.2) is 0 Å². The Morgan fingerprint density at radius 2 is 1.91 bits per heavy atom. The number of nitrogens with one attached hydrogen (secondary N) is 1. The number of rotatable bonds is 5.